The molecule has 1 aromatic carbocycles. The van der Waals surface area contributed by atoms with Gasteiger partial charge in [-0.1, -0.05) is 11.6 Å². The van der Waals surface area contributed by atoms with Crippen molar-refractivity contribution >= 4 is 34.1 Å². The van der Waals surface area contributed by atoms with Crippen molar-refractivity contribution in [2.45, 2.75) is 0 Å². The highest BCUT2D eigenvalue weighted by molar-refractivity contribution is 6.67. The summed E-state index contributed by atoms with van der Waals surface area (Å²) < 4.78 is 0. The Labute approximate surface area is 88.0 Å². The van der Waals surface area contributed by atoms with Crippen LogP contribution < -0.4 is 0 Å². The second-order valence-corrected chi connectivity index (χ2v) is 3.11. The molecule has 0 aliphatic heterocycles. The van der Waals surface area contributed by atoms with E-state index in [0.717, 1.165) is 12.1 Å². The second-order valence-electron chi connectivity index (χ2n) is 2.36. The molecule has 0 spiro atoms. The molecule has 0 heterocycles. The van der Waals surface area contributed by atoms with E-state index in [1.807, 2.05) is 0 Å². The van der Waals surface area contributed by atoms with E-state index < -0.39 is 21.6 Å². The minimum absolute atomic E-state index is 0.138. The van der Waals surface area contributed by atoms with E-state index in [1.54, 1.807) is 0 Å². The van der Waals surface area contributed by atoms with Crippen molar-refractivity contribution in [2.75, 3.05) is 0 Å². The number of nitro benzene ring substituents is 1. The Morgan fingerprint density at radius 1 is 1.50 bits per heavy atom. The molecule has 0 aromatic heterocycles. The molecule has 1 rings (SSSR count). The normalized spacial score (nSPS) is 9.86. The number of carbonyl (C=O) groups is 1. The molecule has 7 heteroatoms. The first-order chi connectivity index (χ1) is 6.43. The molecular formula is C7H3Cl2NO4. The Morgan fingerprint density at radius 3 is 2.50 bits per heavy atom. The number of phenols is 1. The number of rotatable bonds is 2. The molecule has 1 aromatic rings. The molecule has 0 bridgehead atoms. The molecule has 0 radical (unpaired) electrons. The predicted octanol–water partition coefficient (Wildman–Crippen LogP) is 2.33. The van der Waals surface area contributed by atoms with Crippen molar-refractivity contribution in [2.24, 2.45) is 0 Å². The van der Waals surface area contributed by atoms with Crippen LogP contribution in [0.1, 0.15) is 10.4 Å². The maximum atomic E-state index is 10.7. The van der Waals surface area contributed by atoms with Gasteiger partial charge in [-0.05, 0) is 17.7 Å². The first kappa shape index (κ1) is 10.7. The Morgan fingerprint density at radius 2 is 2.07 bits per heavy atom. The summed E-state index contributed by atoms with van der Waals surface area (Å²) in [6, 6.07) is 1.91. The standard InChI is InChI=1S/C7H3Cl2NO4/c8-4-1-3(7(9)12)2-5(6(4)11)10(13)14/h1-2,11H. The molecule has 5 nitrogen and oxygen atoms in total. The van der Waals surface area contributed by atoms with Crippen molar-refractivity contribution in [1.29, 1.82) is 0 Å². The summed E-state index contributed by atoms with van der Waals surface area (Å²) in [7, 11) is 0. The molecule has 0 unspecified atom stereocenters. The van der Waals surface area contributed by atoms with Crippen LogP contribution in [-0.2, 0) is 0 Å². The van der Waals surface area contributed by atoms with Gasteiger partial charge in [-0.3, -0.25) is 14.9 Å². The van der Waals surface area contributed by atoms with Gasteiger partial charge in [0.2, 0.25) is 5.75 Å². The van der Waals surface area contributed by atoms with Crippen LogP contribution in [0.4, 0.5) is 5.69 Å². The third-order valence-corrected chi connectivity index (χ3v) is 1.97. The van der Waals surface area contributed by atoms with E-state index in [2.05, 4.69) is 0 Å². The Balaban J connectivity index is 3.43. The van der Waals surface area contributed by atoms with Gasteiger partial charge in [0.15, 0.2) is 0 Å². The number of hydrogen-bond donors (Lipinski definition) is 1. The molecule has 14 heavy (non-hydrogen) atoms. The van der Waals surface area contributed by atoms with Crippen LogP contribution in [-0.4, -0.2) is 15.3 Å². The first-order valence-corrected chi connectivity index (χ1v) is 4.06. The van der Waals surface area contributed by atoms with E-state index >= 15 is 0 Å². The molecular weight excluding hydrogens is 233 g/mol. The molecule has 0 fully saturated rings. The number of carbonyl (C=O) groups excluding carboxylic acids is 1. The molecule has 0 saturated heterocycles. The highest BCUT2D eigenvalue weighted by Crippen LogP contribution is 2.34. The quantitative estimate of drug-likeness (QED) is 0.485. The number of nitro groups is 1. The largest absolute Gasteiger partial charge is 0.501 e. The number of phenolic OH excluding ortho intramolecular Hbond substituents is 1. The average Bonchev–Trinajstić information content (AvgIpc) is 2.08. The minimum Gasteiger partial charge on any atom is -0.501 e. The highest BCUT2D eigenvalue weighted by Gasteiger charge is 2.19. The number of nitrogens with zero attached hydrogens (tertiary/aromatic N) is 1. The average molecular weight is 236 g/mol. The predicted molar refractivity (Wildman–Crippen MR) is 50.0 cm³/mol. The van der Waals surface area contributed by atoms with Gasteiger partial charge in [0.05, 0.1) is 9.95 Å². The fourth-order valence-corrected chi connectivity index (χ4v) is 1.16. The Kier molecular flexibility index (Phi) is 2.93. The molecule has 1 N–H and O–H groups in total. The lowest BCUT2D eigenvalue weighted by Crippen LogP contribution is -1.94. The van der Waals surface area contributed by atoms with E-state index in [4.69, 9.17) is 28.3 Å². The molecule has 0 aliphatic rings. The van der Waals surface area contributed by atoms with Gasteiger partial charge in [0, 0.05) is 11.6 Å². The molecule has 0 amide bonds. The van der Waals surface area contributed by atoms with Crippen LogP contribution in [0.15, 0.2) is 12.1 Å². The summed E-state index contributed by atoms with van der Waals surface area (Å²) in [5, 5.41) is 18.4. The summed E-state index contributed by atoms with van der Waals surface area (Å²) >= 11 is 10.5. The molecule has 0 saturated carbocycles. The van der Waals surface area contributed by atoms with Gasteiger partial charge >= 0.3 is 5.69 Å². The lowest BCUT2D eigenvalue weighted by molar-refractivity contribution is -0.385. The zero-order valence-electron chi connectivity index (χ0n) is 6.53. The summed E-state index contributed by atoms with van der Waals surface area (Å²) in [5.74, 6) is -0.682. The van der Waals surface area contributed by atoms with Gasteiger partial charge in [-0.15, -0.1) is 0 Å². The lowest BCUT2D eigenvalue weighted by atomic mass is 10.2. The summed E-state index contributed by atoms with van der Waals surface area (Å²) in [5.41, 5.74) is -0.789. The smallest absolute Gasteiger partial charge is 0.313 e. The van der Waals surface area contributed by atoms with E-state index in [9.17, 15) is 14.9 Å². The Hall–Kier alpha value is -1.33. The van der Waals surface area contributed by atoms with Crippen molar-refractivity contribution in [3.05, 3.63) is 32.8 Å². The van der Waals surface area contributed by atoms with Crippen LogP contribution in [0.25, 0.3) is 0 Å². The van der Waals surface area contributed by atoms with Crippen LogP contribution in [0.5, 0.6) is 5.75 Å². The van der Waals surface area contributed by atoms with Crippen LogP contribution in [0.2, 0.25) is 5.02 Å². The number of aromatic hydroxyl groups is 1. The molecule has 0 aliphatic carbocycles. The summed E-state index contributed by atoms with van der Waals surface area (Å²) in [6.45, 7) is 0. The zero-order valence-corrected chi connectivity index (χ0v) is 8.04. The fraction of sp³-hybridized carbons (Fsp3) is 0. The fourth-order valence-electron chi connectivity index (χ4n) is 0.837. The van der Waals surface area contributed by atoms with Gasteiger partial charge in [0.1, 0.15) is 0 Å². The van der Waals surface area contributed by atoms with E-state index in [0.29, 0.717) is 0 Å². The second kappa shape index (κ2) is 3.81. The van der Waals surface area contributed by atoms with E-state index in [-0.39, 0.29) is 10.6 Å². The first-order valence-electron chi connectivity index (χ1n) is 3.30. The topological polar surface area (TPSA) is 80.4 Å². The van der Waals surface area contributed by atoms with Crippen molar-refractivity contribution in [3.8, 4) is 5.75 Å². The monoisotopic (exact) mass is 235 g/mol. The number of halogens is 2. The maximum absolute atomic E-state index is 10.7. The summed E-state index contributed by atoms with van der Waals surface area (Å²) in [4.78, 5) is 20.2. The SMILES string of the molecule is O=C(Cl)c1cc(Cl)c(O)c([N+](=O)[O-])c1. The Bertz CT molecular complexity index is 418. The highest BCUT2D eigenvalue weighted by atomic mass is 35.5. The zero-order chi connectivity index (χ0) is 10.9. The van der Waals surface area contributed by atoms with Crippen LogP contribution in [0, 0.1) is 10.1 Å². The molecule has 74 valence electrons. The van der Waals surface area contributed by atoms with Crippen LogP contribution >= 0.6 is 23.2 Å². The van der Waals surface area contributed by atoms with Crippen molar-refractivity contribution < 1.29 is 14.8 Å². The van der Waals surface area contributed by atoms with Gasteiger partial charge in [0.25, 0.3) is 5.24 Å². The summed E-state index contributed by atoms with van der Waals surface area (Å²) in [6.07, 6.45) is 0. The van der Waals surface area contributed by atoms with Crippen LogP contribution in [0.3, 0.4) is 0 Å². The van der Waals surface area contributed by atoms with Crippen molar-refractivity contribution in [3.63, 3.8) is 0 Å². The maximum Gasteiger partial charge on any atom is 0.313 e. The number of hydrogen-bond acceptors (Lipinski definition) is 4. The minimum atomic E-state index is -0.880. The van der Waals surface area contributed by atoms with Gasteiger partial charge in [-0.2, -0.15) is 0 Å². The number of benzene rings is 1. The third kappa shape index (κ3) is 1.94. The van der Waals surface area contributed by atoms with Gasteiger partial charge < -0.3 is 5.11 Å². The van der Waals surface area contributed by atoms with Gasteiger partial charge in [-0.25, -0.2) is 0 Å². The molecule has 0 atom stereocenters. The van der Waals surface area contributed by atoms with E-state index in [1.165, 1.54) is 0 Å². The van der Waals surface area contributed by atoms with Crippen molar-refractivity contribution in [1.82, 2.24) is 0 Å². The lowest BCUT2D eigenvalue weighted by Gasteiger charge is -2.00. The third-order valence-electron chi connectivity index (χ3n) is 1.47.